The Bertz CT molecular complexity index is 1060. The highest BCUT2D eigenvalue weighted by Crippen LogP contribution is 2.39. The maximum Gasteiger partial charge on any atom is 0.416 e. The van der Waals surface area contributed by atoms with Gasteiger partial charge in [0.05, 0.1) is 11.5 Å². The number of hydrogen-bond donors (Lipinski definition) is 2. The first kappa shape index (κ1) is 26.6. The van der Waals surface area contributed by atoms with E-state index in [1.165, 1.54) is 25.1 Å². The molecule has 0 atom stereocenters. The van der Waals surface area contributed by atoms with Gasteiger partial charge in [0.25, 0.3) is 11.8 Å². The van der Waals surface area contributed by atoms with Gasteiger partial charge in [-0.2, -0.15) is 13.2 Å². The summed E-state index contributed by atoms with van der Waals surface area (Å²) in [4.78, 5) is 27.6. The van der Waals surface area contributed by atoms with Gasteiger partial charge in [-0.25, -0.2) is 13.8 Å². The van der Waals surface area contributed by atoms with Crippen LogP contribution in [0.5, 0.6) is 0 Å². The molecule has 35 heavy (non-hydrogen) atoms. The summed E-state index contributed by atoms with van der Waals surface area (Å²) in [5, 5.41) is 11.5. The van der Waals surface area contributed by atoms with Gasteiger partial charge in [0.1, 0.15) is 5.69 Å². The van der Waals surface area contributed by atoms with Crippen molar-refractivity contribution in [2.75, 3.05) is 0 Å². The summed E-state index contributed by atoms with van der Waals surface area (Å²) >= 11 is 0. The third-order valence-corrected chi connectivity index (χ3v) is 6.38. The zero-order chi connectivity index (χ0) is 25.8. The van der Waals surface area contributed by atoms with Crippen LogP contribution < -0.4 is 5.32 Å². The molecule has 0 radical (unpaired) electrons. The molecular weight excluding hydrogens is 471 g/mol. The number of carbonyl (C=O) groups is 2. The second-order valence-electron chi connectivity index (χ2n) is 9.06. The normalized spacial score (nSPS) is 18.8. The van der Waals surface area contributed by atoms with E-state index in [2.05, 4.69) is 10.3 Å². The van der Waals surface area contributed by atoms with Crippen molar-refractivity contribution in [2.45, 2.75) is 64.1 Å². The lowest BCUT2D eigenvalue weighted by Gasteiger charge is -2.27. The minimum Gasteiger partial charge on any atom is -0.481 e. The van der Waals surface area contributed by atoms with E-state index in [-0.39, 0.29) is 41.4 Å². The molecule has 0 unspecified atom stereocenters. The van der Waals surface area contributed by atoms with Crippen molar-refractivity contribution in [3.8, 4) is 0 Å². The van der Waals surface area contributed by atoms with Crippen molar-refractivity contribution in [3.05, 3.63) is 64.5 Å². The van der Waals surface area contributed by atoms with Crippen molar-refractivity contribution >= 4 is 11.9 Å². The number of benzene rings is 1. The van der Waals surface area contributed by atoms with E-state index < -0.39 is 41.9 Å². The number of halogens is 5. The second kappa shape index (κ2) is 10.7. The summed E-state index contributed by atoms with van der Waals surface area (Å²) in [6.07, 6.45) is -2.58. The van der Waals surface area contributed by atoms with Crippen LogP contribution in [0.2, 0.25) is 0 Å². The Balaban J connectivity index is 1.63. The molecule has 10 heteroatoms. The molecule has 1 aliphatic rings. The number of hydrogen-bond acceptors (Lipinski definition) is 3. The first-order chi connectivity index (χ1) is 16.3. The molecule has 1 aliphatic carbocycles. The standard InChI is InChI=1S/C25H27F5N2O3/c1-15-11-20(24(26,27)10-9-16-5-7-18(8-6-16)23(34)35)13-21(32-15)22(33)31-14-17-3-2-4-19(12-17)25(28,29)30/h2-4,11-13,16,18H,5-10,14H2,1H3,(H,31,33)(H,34,35). The van der Waals surface area contributed by atoms with Crippen LogP contribution in [-0.2, 0) is 23.4 Å². The van der Waals surface area contributed by atoms with Gasteiger partial charge in [0.2, 0.25) is 0 Å². The quantitative estimate of drug-likeness (QED) is 0.431. The predicted octanol–water partition coefficient (Wildman–Crippen LogP) is 6.10. The van der Waals surface area contributed by atoms with Crippen LogP contribution in [0.1, 0.15) is 71.4 Å². The molecule has 190 valence electrons. The zero-order valence-electron chi connectivity index (χ0n) is 19.2. The predicted molar refractivity (Wildman–Crippen MR) is 118 cm³/mol. The highest BCUT2D eigenvalue weighted by Gasteiger charge is 2.35. The number of nitrogens with one attached hydrogen (secondary N) is 1. The number of aliphatic carboxylic acids is 1. The number of alkyl halides is 5. The average Bonchev–Trinajstić information content (AvgIpc) is 2.80. The molecule has 0 bridgehead atoms. The smallest absolute Gasteiger partial charge is 0.416 e. The number of aryl methyl sites for hydroxylation is 1. The fourth-order valence-corrected chi connectivity index (χ4v) is 4.35. The molecule has 5 nitrogen and oxygen atoms in total. The molecule has 0 spiro atoms. The molecule has 1 saturated carbocycles. The van der Waals surface area contributed by atoms with Crippen molar-refractivity contribution in [3.63, 3.8) is 0 Å². The summed E-state index contributed by atoms with van der Waals surface area (Å²) in [6, 6.07) is 6.69. The van der Waals surface area contributed by atoms with E-state index in [0.29, 0.717) is 25.7 Å². The number of nitrogens with zero attached hydrogens (tertiary/aromatic N) is 1. The van der Waals surface area contributed by atoms with E-state index in [1.807, 2.05) is 0 Å². The van der Waals surface area contributed by atoms with Crippen LogP contribution in [0.15, 0.2) is 36.4 Å². The summed E-state index contributed by atoms with van der Waals surface area (Å²) in [7, 11) is 0. The number of carbonyl (C=O) groups excluding carboxylic acids is 1. The van der Waals surface area contributed by atoms with Crippen molar-refractivity contribution in [2.24, 2.45) is 11.8 Å². The molecule has 1 aromatic heterocycles. The molecule has 0 saturated heterocycles. The van der Waals surface area contributed by atoms with Gasteiger partial charge >= 0.3 is 12.1 Å². The minimum atomic E-state index is -4.52. The van der Waals surface area contributed by atoms with Crippen LogP contribution in [0.25, 0.3) is 0 Å². The van der Waals surface area contributed by atoms with E-state index in [0.717, 1.165) is 18.2 Å². The van der Waals surface area contributed by atoms with Crippen LogP contribution in [-0.4, -0.2) is 22.0 Å². The molecular formula is C25H27F5N2O3. The number of carboxylic acids is 1. The van der Waals surface area contributed by atoms with Gasteiger partial charge in [-0.3, -0.25) is 9.59 Å². The summed E-state index contributed by atoms with van der Waals surface area (Å²) in [5.74, 6) is -5.22. The van der Waals surface area contributed by atoms with Gasteiger partial charge in [0.15, 0.2) is 0 Å². The summed E-state index contributed by atoms with van der Waals surface area (Å²) in [6.45, 7) is 1.26. The fraction of sp³-hybridized carbons (Fsp3) is 0.480. The van der Waals surface area contributed by atoms with Gasteiger partial charge in [-0.15, -0.1) is 0 Å². The Hall–Kier alpha value is -3.04. The van der Waals surface area contributed by atoms with Crippen LogP contribution in [0.4, 0.5) is 22.0 Å². The molecule has 1 heterocycles. The SMILES string of the molecule is Cc1cc(C(F)(F)CCC2CCC(C(=O)O)CC2)cc(C(=O)NCc2cccc(C(F)(F)F)c2)n1. The van der Waals surface area contributed by atoms with Gasteiger partial charge in [-0.1, -0.05) is 12.1 Å². The lowest BCUT2D eigenvalue weighted by atomic mass is 9.79. The number of aromatic nitrogens is 1. The van der Waals surface area contributed by atoms with Crippen molar-refractivity contribution in [1.29, 1.82) is 0 Å². The monoisotopic (exact) mass is 498 g/mol. The lowest BCUT2D eigenvalue weighted by Crippen LogP contribution is -2.26. The van der Waals surface area contributed by atoms with E-state index >= 15 is 0 Å². The number of pyridine rings is 1. The Labute approximate surface area is 199 Å². The lowest BCUT2D eigenvalue weighted by molar-refractivity contribution is -0.143. The third-order valence-electron chi connectivity index (χ3n) is 6.38. The van der Waals surface area contributed by atoms with E-state index in [9.17, 15) is 31.5 Å². The maximum absolute atomic E-state index is 15.0. The molecule has 1 fully saturated rings. The number of amides is 1. The van der Waals surface area contributed by atoms with Crippen molar-refractivity contribution in [1.82, 2.24) is 10.3 Å². The van der Waals surface area contributed by atoms with E-state index in [1.54, 1.807) is 0 Å². The maximum atomic E-state index is 15.0. The fourth-order valence-electron chi connectivity index (χ4n) is 4.35. The van der Waals surface area contributed by atoms with Crippen LogP contribution in [0, 0.1) is 18.8 Å². The number of carboxylic acid groups (broad SMARTS) is 1. The second-order valence-corrected chi connectivity index (χ2v) is 9.06. The molecule has 1 amide bonds. The Morgan fingerprint density at radius 3 is 2.34 bits per heavy atom. The molecule has 1 aromatic carbocycles. The van der Waals surface area contributed by atoms with Gasteiger partial charge in [-0.05, 0) is 74.8 Å². The van der Waals surface area contributed by atoms with Gasteiger partial charge < -0.3 is 10.4 Å². The molecule has 3 rings (SSSR count). The molecule has 0 aliphatic heterocycles. The van der Waals surface area contributed by atoms with Crippen molar-refractivity contribution < 1.29 is 36.6 Å². The first-order valence-corrected chi connectivity index (χ1v) is 11.4. The first-order valence-electron chi connectivity index (χ1n) is 11.4. The summed E-state index contributed by atoms with van der Waals surface area (Å²) in [5.41, 5.74) is -1.02. The largest absolute Gasteiger partial charge is 0.481 e. The zero-order valence-corrected chi connectivity index (χ0v) is 19.2. The highest BCUT2D eigenvalue weighted by molar-refractivity contribution is 5.92. The summed E-state index contributed by atoms with van der Waals surface area (Å²) < 4.78 is 68.6. The molecule has 2 aromatic rings. The number of rotatable bonds is 8. The Morgan fingerprint density at radius 1 is 1.03 bits per heavy atom. The van der Waals surface area contributed by atoms with E-state index in [4.69, 9.17) is 5.11 Å². The van der Waals surface area contributed by atoms with Gasteiger partial charge in [0, 0.05) is 24.2 Å². The highest BCUT2D eigenvalue weighted by atomic mass is 19.4. The third kappa shape index (κ3) is 7.22. The minimum absolute atomic E-state index is 0.0228. The Kier molecular flexibility index (Phi) is 8.12. The average molecular weight is 498 g/mol. The molecule has 2 N–H and O–H groups in total. The topological polar surface area (TPSA) is 79.3 Å². The van der Waals surface area contributed by atoms with Crippen LogP contribution >= 0.6 is 0 Å². The van der Waals surface area contributed by atoms with Crippen LogP contribution in [0.3, 0.4) is 0 Å². The Morgan fingerprint density at radius 2 is 1.71 bits per heavy atom.